The summed E-state index contributed by atoms with van der Waals surface area (Å²) in [5.41, 5.74) is 0.211. The molecule has 12 heteroatoms. The van der Waals surface area contributed by atoms with Gasteiger partial charge in [0, 0.05) is 19.6 Å². The van der Waals surface area contributed by atoms with Gasteiger partial charge in [0.05, 0.1) is 50.7 Å². The zero-order chi connectivity index (χ0) is 24.1. The minimum absolute atomic E-state index is 0. The van der Waals surface area contributed by atoms with Crippen LogP contribution in [0.5, 0.6) is 0 Å². The zero-order valence-corrected chi connectivity index (χ0v) is 21.7. The number of quaternary nitrogens is 1. The predicted molar refractivity (Wildman–Crippen MR) is 128 cm³/mol. The van der Waals surface area contributed by atoms with Gasteiger partial charge in [-0.05, 0) is 25.3 Å². The van der Waals surface area contributed by atoms with Crippen molar-refractivity contribution < 1.29 is 32.5 Å². The number of aliphatic hydroxyl groups excluding tert-OH is 1. The van der Waals surface area contributed by atoms with Crippen LogP contribution in [0.25, 0.3) is 0 Å². The number of alkyl halides is 1. The van der Waals surface area contributed by atoms with Crippen LogP contribution >= 0.6 is 24.4 Å². The lowest BCUT2D eigenvalue weighted by atomic mass is 9.79. The lowest BCUT2D eigenvalue weighted by Crippen LogP contribution is -2.63. The first-order valence-corrected chi connectivity index (χ1v) is 12.4. The summed E-state index contributed by atoms with van der Waals surface area (Å²) in [6, 6.07) is -0.348. The molecular weight excluding hydrogens is 487 g/mol. The van der Waals surface area contributed by atoms with Gasteiger partial charge in [-0.3, -0.25) is 4.79 Å². The average Bonchev–Trinajstić information content (AvgIpc) is 3.24. The van der Waals surface area contributed by atoms with Gasteiger partial charge in [0.1, 0.15) is 30.2 Å². The summed E-state index contributed by atoms with van der Waals surface area (Å²) in [6.07, 6.45) is 1.95. The summed E-state index contributed by atoms with van der Waals surface area (Å²) in [6.45, 7) is 5.71. The highest BCUT2D eigenvalue weighted by molar-refractivity contribution is 7.95. The predicted octanol–water partition coefficient (Wildman–Crippen LogP) is 1.27. The normalized spacial score (nSPS) is 31.2. The SMILES string of the molecule is CC(O)C1C(=O)N2C(C(=O)OSC3CN(C(=O)N4CCC4)CC3[N+](C)(C)CCF)=C[C@@H](C)[C@@H]12.Cl. The van der Waals surface area contributed by atoms with Crippen molar-refractivity contribution >= 4 is 42.4 Å². The van der Waals surface area contributed by atoms with Crippen molar-refractivity contribution in [2.45, 2.75) is 43.7 Å². The molecule has 9 nitrogen and oxygen atoms in total. The van der Waals surface area contributed by atoms with Gasteiger partial charge in [0.15, 0.2) is 0 Å². The number of halogens is 2. The van der Waals surface area contributed by atoms with E-state index in [1.165, 1.54) is 4.90 Å². The first kappa shape index (κ1) is 27.0. The van der Waals surface area contributed by atoms with E-state index in [0.717, 1.165) is 31.6 Å². The van der Waals surface area contributed by atoms with Gasteiger partial charge < -0.3 is 28.5 Å². The van der Waals surface area contributed by atoms with E-state index in [0.29, 0.717) is 24.1 Å². The number of likely N-dealkylation sites (N-methyl/N-ethyl adjacent to an activating group) is 1. The molecular formula is C22H35ClFN4O5S+. The molecule has 0 spiro atoms. The number of amides is 3. The number of carbonyl (C=O) groups is 3. The monoisotopic (exact) mass is 521 g/mol. The van der Waals surface area contributed by atoms with Crippen molar-refractivity contribution in [2.75, 3.05) is 53.5 Å². The summed E-state index contributed by atoms with van der Waals surface area (Å²) in [5, 5.41) is 9.69. The number of rotatable bonds is 7. The Kier molecular flexibility index (Phi) is 8.11. The van der Waals surface area contributed by atoms with Crippen LogP contribution in [-0.4, -0.2) is 119 Å². The Hall–Kier alpha value is -1.56. The topological polar surface area (TPSA) is 90.4 Å². The number of urea groups is 1. The molecule has 0 aliphatic carbocycles. The number of carbonyl (C=O) groups excluding carboxylic acids is 3. The number of β-lactam (4-membered cyclic amide) rings is 1. The lowest BCUT2D eigenvalue weighted by Gasteiger charge is -2.46. The number of likely N-dealkylation sites (tertiary alicyclic amines) is 2. The highest BCUT2D eigenvalue weighted by atomic mass is 35.5. The van der Waals surface area contributed by atoms with Crippen molar-refractivity contribution in [2.24, 2.45) is 11.8 Å². The van der Waals surface area contributed by atoms with Crippen molar-refractivity contribution in [3.63, 3.8) is 0 Å². The van der Waals surface area contributed by atoms with Gasteiger partial charge >= 0.3 is 12.0 Å². The molecule has 4 aliphatic heterocycles. The molecule has 0 radical (unpaired) electrons. The minimum atomic E-state index is -0.774. The summed E-state index contributed by atoms with van der Waals surface area (Å²) < 4.78 is 19.2. The zero-order valence-electron chi connectivity index (χ0n) is 20.1. The Balaban J connectivity index is 0.00000324. The number of hydrogen-bond donors (Lipinski definition) is 1. The molecule has 4 aliphatic rings. The summed E-state index contributed by atoms with van der Waals surface area (Å²) >= 11 is 1.01. The maximum absolute atomic E-state index is 13.2. The van der Waals surface area contributed by atoms with E-state index < -0.39 is 24.7 Å². The second-order valence-electron chi connectivity index (χ2n) is 10.2. The third-order valence-electron chi connectivity index (χ3n) is 7.58. The molecule has 1 N–H and O–H groups in total. The number of hydrogen-bond acceptors (Lipinski definition) is 6. The largest absolute Gasteiger partial charge is 0.393 e. The Labute approximate surface area is 210 Å². The fraction of sp³-hybridized carbons (Fsp3) is 0.773. The Morgan fingerprint density at radius 3 is 2.53 bits per heavy atom. The van der Waals surface area contributed by atoms with E-state index in [-0.39, 0.29) is 53.3 Å². The number of nitrogens with zero attached hydrogens (tertiary/aromatic N) is 4. The van der Waals surface area contributed by atoms with E-state index in [4.69, 9.17) is 4.18 Å². The first-order valence-electron chi connectivity index (χ1n) is 11.6. The molecule has 0 aromatic carbocycles. The average molecular weight is 522 g/mol. The smallest absolute Gasteiger partial charge is 0.366 e. The highest BCUT2D eigenvalue weighted by Crippen LogP contribution is 2.44. The highest BCUT2D eigenvalue weighted by Gasteiger charge is 2.57. The molecule has 3 amide bonds. The van der Waals surface area contributed by atoms with E-state index >= 15 is 0 Å². The van der Waals surface area contributed by atoms with Crippen LogP contribution in [0.1, 0.15) is 20.3 Å². The molecule has 6 atom stereocenters. The quantitative estimate of drug-likeness (QED) is 0.308. The van der Waals surface area contributed by atoms with Crippen LogP contribution in [-0.2, 0) is 13.8 Å². The van der Waals surface area contributed by atoms with E-state index in [1.54, 1.807) is 22.8 Å². The molecule has 0 aromatic heterocycles. The van der Waals surface area contributed by atoms with Gasteiger partial charge in [-0.2, -0.15) is 0 Å². The molecule has 4 unspecified atom stereocenters. The van der Waals surface area contributed by atoms with Crippen LogP contribution in [0.2, 0.25) is 0 Å². The molecule has 0 saturated carbocycles. The van der Waals surface area contributed by atoms with Gasteiger partial charge in [-0.25, -0.2) is 14.0 Å². The third-order valence-corrected chi connectivity index (χ3v) is 8.53. The second kappa shape index (κ2) is 10.2. The third kappa shape index (κ3) is 4.64. The maximum atomic E-state index is 13.2. The van der Waals surface area contributed by atoms with Crippen LogP contribution in [0.3, 0.4) is 0 Å². The minimum Gasteiger partial charge on any atom is -0.393 e. The lowest BCUT2D eigenvalue weighted by molar-refractivity contribution is -0.911. The van der Waals surface area contributed by atoms with E-state index in [2.05, 4.69) is 0 Å². The molecule has 4 heterocycles. The van der Waals surface area contributed by atoms with Crippen molar-refractivity contribution in [1.82, 2.24) is 14.7 Å². The fourth-order valence-electron chi connectivity index (χ4n) is 5.38. The molecule has 3 saturated heterocycles. The molecule has 0 aromatic rings. The van der Waals surface area contributed by atoms with Crippen LogP contribution in [0, 0.1) is 11.8 Å². The Bertz CT molecular complexity index is 855. The fourth-order valence-corrected chi connectivity index (χ4v) is 6.46. The van der Waals surface area contributed by atoms with Gasteiger partial charge in [-0.15, -0.1) is 12.4 Å². The van der Waals surface area contributed by atoms with Crippen molar-refractivity contribution in [3.05, 3.63) is 11.8 Å². The Morgan fingerprint density at radius 1 is 1.29 bits per heavy atom. The van der Waals surface area contributed by atoms with Gasteiger partial charge in [0.2, 0.25) is 5.91 Å². The summed E-state index contributed by atoms with van der Waals surface area (Å²) in [4.78, 5) is 43.2. The van der Waals surface area contributed by atoms with Crippen LogP contribution < -0.4 is 0 Å². The number of aliphatic hydroxyl groups is 1. The molecule has 3 fully saturated rings. The standard InChI is InChI=1S/C22H34FN4O5S.ClH/c1-13-10-15(26-19(13)18(14(2)28)20(26)29)21(30)32-33-17-12-25(22(31)24-7-5-8-24)11-16(17)27(3,4)9-6-23;/h10,13-14,16-19,28H,5-9,11-12H2,1-4H3;1H/q+1;/t13-,14?,16?,17?,18?,19+;/m1./s1. The summed E-state index contributed by atoms with van der Waals surface area (Å²) in [7, 11) is 3.86. The molecule has 4 rings (SSSR count). The van der Waals surface area contributed by atoms with Crippen LogP contribution in [0.4, 0.5) is 9.18 Å². The van der Waals surface area contributed by atoms with Crippen molar-refractivity contribution in [1.29, 1.82) is 0 Å². The van der Waals surface area contributed by atoms with E-state index in [1.807, 2.05) is 21.0 Å². The molecule has 192 valence electrons. The van der Waals surface area contributed by atoms with Gasteiger partial charge in [-0.1, -0.05) is 6.92 Å². The van der Waals surface area contributed by atoms with Gasteiger partial charge in [0.25, 0.3) is 0 Å². The second-order valence-corrected chi connectivity index (χ2v) is 11.1. The molecule has 34 heavy (non-hydrogen) atoms. The maximum Gasteiger partial charge on any atom is 0.366 e. The van der Waals surface area contributed by atoms with Crippen LogP contribution in [0.15, 0.2) is 11.8 Å². The molecule has 0 bridgehead atoms. The van der Waals surface area contributed by atoms with E-state index in [9.17, 15) is 23.9 Å². The Morgan fingerprint density at radius 2 is 1.97 bits per heavy atom. The first-order chi connectivity index (χ1) is 15.6. The summed E-state index contributed by atoms with van der Waals surface area (Å²) in [5.74, 6) is -1.43. The number of fused-ring (bicyclic) bond motifs is 1. The van der Waals surface area contributed by atoms with Crippen molar-refractivity contribution in [3.8, 4) is 0 Å².